The molecule has 0 saturated carbocycles. The largest absolute Gasteiger partial charge is 0.506 e. The Hall–Kier alpha value is -2.01. The molecule has 0 aliphatic carbocycles. The van der Waals surface area contributed by atoms with E-state index in [2.05, 4.69) is 4.98 Å². The Balaban J connectivity index is 2.46. The smallest absolute Gasteiger partial charge is 0.331 e. The number of hydrogen-bond donors (Lipinski definition) is 2. The molecule has 0 saturated heterocycles. The van der Waals surface area contributed by atoms with Gasteiger partial charge in [0.15, 0.2) is 0 Å². The molecule has 4 nitrogen and oxygen atoms in total. The highest BCUT2D eigenvalue weighted by Gasteiger charge is 2.11. The van der Waals surface area contributed by atoms with Crippen LogP contribution in [0.4, 0.5) is 0 Å². The van der Waals surface area contributed by atoms with Gasteiger partial charge in [0, 0.05) is 0 Å². The number of aromatic amines is 1. The number of H-pyrrole nitrogens is 1. The van der Waals surface area contributed by atoms with Gasteiger partial charge >= 0.3 is 5.69 Å². The molecule has 0 fully saturated rings. The molecule has 0 unspecified atom stereocenters. The molecule has 3 rings (SSSR count). The quantitative estimate of drug-likeness (QED) is 0.675. The van der Waals surface area contributed by atoms with Gasteiger partial charge in [0.25, 0.3) is 0 Å². The lowest BCUT2D eigenvalue weighted by atomic mass is 10.3. The van der Waals surface area contributed by atoms with E-state index < -0.39 is 0 Å². The van der Waals surface area contributed by atoms with Gasteiger partial charge in [0.05, 0.1) is 5.52 Å². The third kappa shape index (κ3) is 1.18. The number of aromatic hydroxyl groups is 1. The van der Waals surface area contributed by atoms with E-state index in [1.54, 1.807) is 22.8 Å². The highest BCUT2D eigenvalue weighted by atomic mass is 32.1. The molecule has 0 bridgehead atoms. The van der Waals surface area contributed by atoms with Gasteiger partial charge in [-0.05, 0) is 29.6 Å². The maximum absolute atomic E-state index is 11.8. The number of fused-ring (bicyclic) bond motifs is 1. The Kier molecular flexibility index (Phi) is 1.87. The molecule has 5 heteroatoms. The van der Waals surface area contributed by atoms with E-state index in [9.17, 15) is 9.90 Å². The second-order valence-corrected chi connectivity index (χ2v) is 4.31. The second-order valence-electron chi connectivity index (χ2n) is 3.39. The van der Waals surface area contributed by atoms with Crippen LogP contribution >= 0.6 is 11.3 Å². The minimum absolute atomic E-state index is 0.0879. The topological polar surface area (TPSA) is 58.0 Å². The molecule has 0 radical (unpaired) electrons. The van der Waals surface area contributed by atoms with Crippen LogP contribution in [0.25, 0.3) is 16.0 Å². The van der Waals surface area contributed by atoms with Gasteiger partial charge in [-0.25, -0.2) is 4.79 Å². The number of aromatic nitrogens is 2. The van der Waals surface area contributed by atoms with Gasteiger partial charge in [-0.2, -0.15) is 0 Å². The molecular weight excluding hydrogens is 224 g/mol. The van der Waals surface area contributed by atoms with Gasteiger partial charge in [-0.3, -0.25) is 4.57 Å². The van der Waals surface area contributed by atoms with Gasteiger partial charge in [-0.1, -0.05) is 6.07 Å². The lowest BCUT2D eigenvalue weighted by molar-refractivity contribution is 0.480. The maximum atomic E-state index is 11.8. The molecule has 2 N–H and O–H groups in total. The van der Waals surface area contributed by atoms with Crippen molar-refractivity contribution in [3.05, 3.63) is 46.2 Å². The number of nitrogens with one attached hydrogen (secondary N) is 1. The maximum Gasteiger partial charge on any atom is 0.331 e. The van der Waals surface area contributed by atoms with Gasteiger partial charge in [-0.15, -0.1) is 11.3 Å². The Bertz CT molecular complexity index is 694. The van der Waals surface area contributed by atoms with Crippen molar-refractivity contribution in [3.63, 3.8) is 0 Å². The molecule has 3 aromatic rings. The SMILES string of the molecule is O=c1[nH]c2c(O)cccc2n1-c1cccs1. The van der Waals surface area contributed by atoms with E-state index in [0.717, 1.165) is 5.00 Å². The zero-order valence-electron chi connectivity index (χ0n) is 8.18. The van der Waals surface area contributed by atoms with E-state index >= 15 is 0 Å². The zero-order valence-corrected chi connectivity index (χ0v) is 8.99. The van der Waals surface area contributed by atoms with Crippen molar-refractivity contribution in [2.24, 2.45) is 0 Å². The normalized spacial score (nSPS) is 11.0. The summed E-state index contributed by atoms with van der Waals surface area (Å²) in [6.45, 7) is 0. The van der Waals surface area contributed by atoms with Crippen molar-refractivity contribution in [2.45, 2.75) is 0 Å². The standard InChI is InChI=1S/C11H8N2O2S/c14-8-4-1-3-7-10(8)12-11(15)13(7)9-5-2-6-16-9/h1-6,14H,(H,12,15). The predicted octanol–water partition coefficient (Wildman–Crippen LogP) is 2.09. The molecule has 0 aliphatic rings. The summed E-state index contributed by atoms with van der Waals surface area (Å²) in [4.78, 5) is 14.4. The number of rotatable bonds is 1. The molecular formula is C11H8N2O2S. The lowest BCUT2D eigenvalue weighted by Crippen LogP contribution is -2.13. The molecule has 2 aromatic heterocycles. The summed E-state index contributed by atoms with van der Waals surface area (Å²) >= 11 is 1.48. The van der Waals surface area contributed by atoms with Crippen LogP contribution in [0.1, 0.15) is 0 Å². The first kappa shape index (κ1) is 9.23. The van der Waals surface area contributed by atoms with E-state index in [1.165, 1.54) is 11.3 Å². The van der Waals surface area contributed by atoms with Crippen LogP contribution in [0, 0.1) is 0 Å². The van der Waals surface area contributed by atoms with Crippen LogP contribution in [0.15, 0.2) is 40.5 Å². The van der Waals surface area contributed by atoms with Crippen molar-refractivity contribution in [3.8, 4) is 10.8 Å². The van der Waals surface area contributed by atoms with Crippen LogP contribution < -0.4 is 5.69 Å². The van der Waals surface area contributed by atoms with Crippen molar-refractivity contribution >= 4 is 22.4 Å². The Morgan fingerprint density at radius 2 is 2.12 bits per heavy atom. The van der Waals surface area contributed by atoms with Crippen LogP contribution in [0.2, 0.25) is 0 Å². The summed E-state index contributed by atoms with van der Waals surface area (Å²) < 4.78 is 1.56. The molecule has 0 aliphatic heterocycles. The fourth-order valence-electron chi connectivity index (χ4n) is 1.73. The Labute approximate surface area is 94.4 Å². The average molecular weight is 232 g/mol. The second kappa shape index (κ2) is 3.24. The molecule has 16 heavy (non-hydrogen) atoms. The van der Waals surface area contributed by atoms with E-state index in [1.807, 2.05) is 17.5 Å². The Morgan fingerprint density at radius 1 is 1.25 bits per heavy atom. The minimum Gasteiger partial charge on any atom is -0.506 e. The van der Waals surface area contributed by atoms with Crippen LogP contribution in [-0.4, -0.2) is 14.7 Å². The molecule has 1 aromatic carbocycles. The van der Waals surface area contributed by atoms with Crippen molar-refractivity contribution < 1.29 is 5.11 Å². The summed E-state index contributed by atoms with van der Waals surface area (Å²) in [6, 6.07) is 8.82. The number of benzene rings is 1. The molecule has 80 valence electrons. The third-order valence-corrected chi connectivity index (χ3v) is 3.28. The number of para-hydroxylation sites is 1. The van der Waals surface area contributed by atoms with Crippen molar-refractivity contribution in [1.29, 1.82) is 0 Å². The summed E-state index contributed by atoms with van der Waals surface area (Å²) in [5.41, 5.74) is 0.923. The van der Waals surface area contributed by atoms with E-state index in [4.69, 9.17) is 0 Å². The minimum atomic E-state index is -0.237. The molecule has 2 heterocycles. The fraction of sp³-hybridized carbons (Fsp3) is 0. The Morgan fingerprint density at radius 3 is 2.88 bits per heavy atom. The highest BCUT2D eigenvalue weighted by molar-refractivity contribution is 7.12. The predicted molar refractivity (Wildman–Crippen MR) is 63.4 cm³/mol. The molecule has 0 spiro atoms. The third-order valence-electron chi connectivity index (χ3n) is 2.42. The lowest BCUT2D eigenvalue weighted by Gasteiger charge is -1.98. The monoisotopic (exact) mass is 232 g/mol. The van der Waals surface area contributed by atoms with Crippen molar-refractivity contribution in [2.75, 3.05) is 0 Å². The number of nitrogens with zero attached hydrogens (tertiary/aromatic N) is 1. The van der Waals surface area contributed by atoms with E-state index in [0.29, 0.717) is 11.0 Å². The van der Waals surface area contributed by atoms with E-state index in [-0.39, 0.29) is 11.4 Å². The highest BCUT2D eigenvalue weighted by Crippen LogP contribution is 2.24. The number of phenols is 1. The van der Waals surface area contributed by atoms with Gasteiger partial charge in [0.1, 0.15) is 16.3 Å². The number of phenolic OH excluding ortho intramolecular Hbond substituents is 1. The zero-order chi connectivity index (χ0) is 11.1. The summed E-state index contributed by atoms with van der Waals surface area (Å²) in [6.07, 6.45) is 0. The van der Waals surface area contributed by atoms with Crippen LogP contribution in [-0.2, 0) is 0 Å². The fourth-order valence-corrected chi connectivity index (χ4v) is 2.47. The first-order valence-corrected chi connectivity index (χ1v) is 5.62. The first-order valence-electron chi connectivity index (χ1n) is 4.74. The number of thiophene rings is 1. The summed E-state index contributed by atoms with van der Waals surface area (Å²) in [7, 11) is 0. The number of hydrogen-bond acceptors (Lipinski definition) is 3. The molecule has 0 atom stereocenters. The van der Waals surface area contributed by atoms with Crippen LogP contribution in [0.5, 0.6) is 5.75 Å². The van der Waals surface area contributed by atoms with Gasteiger partial charge in [0.2, 0.25) is 0 Å². The first-order chi connectivity index (χ1) is 7.77. The molecule has 0 amide bonds. The average Bonchev–Trinajstić information content (AvgIpc) is 2.85. The summed E-state index contributed by atoms with van der Waals surface area (Å²) in [5.74, 6) is 0.0879. The van der Waals surface area contributed by atoms with Gasteiger partial charge < -0.3 is 10.1 Å². The summed E-state index contributed by atoms with van der Waals surface area (Å²) in [5, 5.41) is 12.4. The van der Waals surface area contributed by atoms with Crippen LogP contribution in [0.3, 0.4) is 0 Å². The number of imidazole rings is 1. The van der Waals surface area contributed by atoms with Crippen molar-refractivity contribution in [1.82, 2.24) is 9.55 Å².